The van der Waals surface area contributed by atoms with Gasteiger partial charge in [0.15, 0.2) is 0 Å². The molecule has 2 heterocycles. The maximum atomic E-state index is 10.4. The molecular weight excluding hydrogens is 399 g/mol. The van der Waals surface area contributed by atoms with Crippen molar-refractivity contribution >= 4 is 30.3 Å². The molecule has 2 aliphatic rings. The first kappa shape index (κ1) is 22.1. The van der Waals surface area contributed by atoms with Crippen LogP contribution in [0.15, 0.2) is 40.0 Å². The number of anilines is 1. The fourth-order valence-electron chi connectivity index (χ4n) is 3.44. The Kier molecular flexibility index (Phi) is 6.07. The molecule has 0 radical (unpaired) electrons. The number of aliphatic imine (C=N–C) groups is 2. The molecule has 162 valence electrons. The number of methoxy groups -OCH3 is 1. The molecule has 1 aromatic rings. The zero-order valence-corrected chi connectivity index (χ0v) is 19.4. The molecular formula is C21H31N6O2P. The van der Waals surface area contributed by atoms with Crippen LogP contribution in [0, 0.1) is 16.7 Å². The van der Waals surface area contributed by atoms with Gasteiger partial charge in [-0.2, -0.15) is 0 Å². The third kappa shape index (κ3) is 4.00. The molecule has 9 heteroatoms. The molecule has 0 aliphatic carbocycles. The Balaban J connectivity index is 1.96. The van der Waals surface area contributed by atoms with Gasteiger partial charge in [0.05, 0.1) is 0 Å². The number of ether oxygens (including phenoxy) is 1. The van der Waals surface area contributed by atoms with E-state index in [1.165, 1.54) is 0 Å². The van der Waals surface area contributed by atoms with Crippen molar-refractivity contribution in [2.75, 3.05) is 25.8 Å². The van der Waals surface area contributed by atoms with Crippen molar-refractivity contribution in [1.82, 2.24) is 10.6 Å². The average molecular weight is 430 g/mol. The summed E-state index contributed by atoms with van der Waals surface area (Å²) < 4.78 is 5.53. The van der Waals surface area contributed by atoms with Crippen LogP contribution < -0.4 is 26.0 Å². The first-order valence-electron chi connectivity index (χ1n) is 10.1. The van der Waals surface area contributed by atoms with Crippen LogP contribution in [0.4, 0.5) is 5.69 Å². The van der Waals surface area contributed by atoms with E-state index in [-0.39, 0.29) is 12.2 Å². The van der Waals surface area contributed by atoms with Crippen LogP contribution >= 0.6 is 7.49 Å². The van der Waals surface area contributed by atoms with Crippen LogP contribution in [-0.4, -0.2) is 49.3 Å². The van der Waals surface area contributed by atoms with Gasteiger partial charge in [-0.05, 0) is 0 Å². The van der Waals surface area contributed by atoms with Crippen molar-refractivity contribution in [1.29, 1.82) is 5.26 Å². The van der Waals surface area contributed by atoms with Crippen molar-refractivity contribution in [2.45, 2.75) is 39.4 Å². The zero-order valence-electron chi connectivity index (χ0n) is 18.4. The molecule has 0 saturated heterocycles. The number of nitrogens with zero attached hydrogens (tertiary/aromatic N) is 3. The molecule has 8 nitrogen and oxygen atoms in total. The minimum absolute atomic E-state index is 0.201. The molecule has 0 spiro atoms. The van der Waals surface area contributed by atoms with E-state index in [1.54, 1.807) is 13.3 Å². The van der Waals surface area contributed by atoms with E-state index in [1.807, 2.05) is 38.5 Å². The van der Waals surface area contributed by atoms with Gasteiger partial charge in [0.25, 0.3) is 0 Å². The monoisotopic (exact) mass is 430 g/mol. The number of benzene rings is 1. The van der Waals surface area contributed by atoms with Crippen LogP contribution in [0.5, 0.6) is 5.75 Å². The van der Waals surface area contributed by atoms with E-state index < -0.39 is 12.9 Å². The number of hydrogen-bond donors (Lipinski definition) is 4. The quantitative estimate of drug-likeness (QED) is 0.533. The first-order chi connectivity index (χ1) is 14.1. The third-order valence-corrected chi connectivity index (χ3v) is 7.45. The van der Waals surface area contributed by atoms with E-state index in [9.17, 15) is 10.2 Å². The minimum atomic E-state index is -2.45. The standard InChI is InChI=1S/C21H31N6O2P/c1-7-13(2)24-19-21(3)14(11-22)12-23-18(21)26-20(27-19)25-16-9-8-15(30(5,6)28)10-17(16)29-4/h8-10,12-13,18,23,28,30H,7H2,1-6H3,(H2,24,25,26,27). The van der Waals surface area contributed by atoms with E-state index in [4.69, 9.17) is 14.7 Å². The summed E-state index contributed by atoms with van der Waals surface area (Å²) in [4.78, 5) is 19.9. The summed E-state index contributed by atoms with van der Waals surface area (Å²) in [5, 5.41) is 20.4. The molecule has 0 fully saturated rings. The van der Waals surface area contributed by atoms with Crippen molar-refractivity contribution in [3.63, 3.8) is 0 Å². The number of hydrogen-bond acceptors (Lipinski definition) is 8. The summed E-state index contributed by atoms with van der Waals surface area (Å²) in [5.41, 5.74) is 0.658. The number of amidine groups is 1. The van der Waals surface area contributed by atoms with Crippen LogP contribution in [0.3, 0.4) is 0 Å². The molecule has 2 aliphatic heterocycles. The van der Waals surface area contributed by atoms with Crippen molar-refractivity contribution < 1.29 is 9.63 Å². The summed E-state index contributed by atoms with van der Waals surface area (Å²) in [5.74, 6) is 1.74. The topological polar surface area (TPSA) is 114 Å². The third-order valence-electron chi connectivity index (χ3n) is 5.72. The van der Waals surface area contributed by atoms with Gasteiger partial charge in [0.1, 0.15) is 0 Å². The fourth-order valence-corrected chi connectivity index (χ4v) is 4.42. The molecule has 1 aromatic carbocycles. The summed E-state index contributed by atoms with van der Waals surface area (Å²) in [6, 6.07) is 8.10. The predicted molar refractivity (Wildman–Crippen MR) is 125 cm³/mol. The van der Waals surface area contributed by atoms with Gasteiger partial charge in [-0.1, -0.05) is 0 Å². The predicted octanol–water partition coefficient (Wildman–Crippen LogP) is 2.15. The van der Waals surface area contributed by atoms with Gasteiger partial charge in [-0.3, -0.25) is 0 Å². The van der Waals surface area contributed by atoms with Crippen LogP contribution in [0.1, 0.15) is 27.2 Å². The maximum absolute atomic E-state index is 10.4. The first-order valence-corrected chi connectivity index (χ1v) is 13.1. The summed E-state index contributed by atoms with van der Waals surface area (Å²) in [7, 11) is -0.858. The number of nitrogens with one attached hydrogen (secondary N) is 3. The van der Waals surface area contributed by atoms with Crippen molar-refractivity contribution in [3.05, 3.63) is 30.0 Å². The molecule has 0 aromatic heterocycles. The Morgan fingerprint density at radius 1 is 1.43 bits per heavy atom. The molecule has 3 rings (SSSR count). The Morgan fingerprint density at radius 3 is 2.77 bits per heavy atom. The Labute approximate surface area is 178 Å². The Morgan fingerprint density at radius 2 is 2.17 bits per heavy atom. The van der Waals surface area contributed by atoms with E-state index in [0.29, 0.717) is 28.8 Å². The second kappa shape index (κ2) is 8.25. The Bertz CT molecular complexity index is 959. The number of nitriles is 1. The molecule has 0 saturated carbocycles. The van der Waals surface area contributed by atoms with Crippen LogP contribution in [0.2, 0.25) is 0 Å². The number of rotatable bonds is 5. The zero-order chi connectivity index (χ0) is 22.1. The Hall–Kier alpha value is -2.62. The molecule has 4 N–H and O–H groups in total. The van der Waals surface area contributed by atoms with Crippen LogP contribution in [-0.2, 0) is 0 Å². The average Bonchev–Trinajstić information content (AvgIpc) is 3.04. The molecule has 0 amide bonds. The second-order valence-electron chi connectivity index (χ2n) is 8.41. The molecule has 30 heavy (non-hydrogen) atoms. The summed E-state index contributed by atoms with van der Waals surface area (Å²) in [6.07, 6.45) is 2.30. The van der Waals surface area contributed by atoms with Gasteiger partial charge in [0.2, 0.25) is 0 Å². The number of fused-ring (bicyclic) bond motifs is 1. The van der Waals surface area contributed by atoms with Gasteiger partial charge >= 0.3 is 178 Å². The summed E-state index contributed by atoms with van der Waals surface area (Å²) in [6.45, 7) is 9.89. The van der Waals surface area contributed by atoms with E-state index in [2.05, 4.69) is 35.9 Å². The normalized spacial score (nSPS) is 24.3. The molecule has 0 bridgehead atoms. The van der Waals surface area contributed by atoms with E-state index >= 15 is 0 Å². The van der Waals surface area contributed by atoms with Gasteiger partial charge < -0.3 is 0 Å². The fraction of sp³-hybridized carbons (Fsp3) is 0.476. The van der Waals surface area contributed by atoms with Crippen molar-refractivity contribution in [2.24, 2.45) is 15.4 Å². The van der Waals surface area contributed by atoms with Gasteiger partial charge in [-0.25, -0.2) is 0 Å². The van der Waals surface area contributed by atoms with Gasteiger partial charge in [0, 0.05) is 0 Å². The SMILES string of the molecule is CCC(C)NC1=NC(Nc2ccc([PH](C)(C)O)cc2OC)=NC2NC=C(C#N)C12C. The summed E-state index contributed by atoms with van der Waals surface area (Å²) >= 11 is 0. The van der Waals surface area contributed by atoms with Crippen LogP contribution in [0.25, 0.3) is 0 Å². The van der Waals surface area contributed by atoms with Crippen molar-refractivity contribution in [3.8, 4) is 11.8 Å². The second-order valence-corrected chi connectivity index (χ2v) is 12.1. The van der Waals surface area contributed by atoms with Gasteiger partial charge in [-0.15, -0.1) is 0 Å². The molecule has 3 unspecified atom stereocenters. The molecule has 3 atom stereocenters. The van der Waals surface area contributed by atoms with E-state index in [0.717, 1.165) is 11.7 Å². The number of guanidine groups is 1.